The van der Waals surface area contributed by atoms with Gasteiger partial charge in [-0.05, 0) is 31.5 Å². The summed E-state index contributed by atoms with van der Waals surface area (Å²) in [5.41, 5.74) is 2.40. The number of hydrogen-bond acceptors (Lipinski definition) is 3. The number of aromatic nitrogens is 2. The van der Waals surface area contributed by atoms with Crippen molar-refractivity contribution in [2.45, 2.75) is 39.2 Å². The van der Waals surface area contributed by atoms with Crippen molar-refractivity contribution in [2.75, 3.05) is 19.0 Å². The van der Waals surface area contributed by atoms with Gasteiger partial charge in [-0.2, -0.15) is 5.10 Å². The standard InChI is InChI=1S/C21H27N3O/c1-15(2)24-17-12-9-13-18(25-5)19(17)20(23-24)22-14-21(3,4)16-10-7-6-8-11-16/h6-13,15H,14H2,1-5H3,(H,22,23). The molecule has 1 N–H and O–H groups in total. The lowest BCUT2D eigenvalue weighted by atomic mass is 9.84. The lowest BCUT2D eigenvalue weighted by molar-refractivity contribution is 0.420. The van der Waals surface area contributed by atoms with Crippen molar-refractivity contribution in [1.29, 1.82) is 0 Å². The number of anilines is 1. The van der Waals surface area contributed by atoms with Gasteiger partial charge in [0, 0.05) is 18.0 Å². The van der Waals surface area contributed by atoms with Crippen molar-refractivity contribution in [3.05, 3.63) is 54.1 Å². The van der Waals surface area contributed by atoms with Crippen molar-refractivity contribution < 1.29 is 4.74 Å². The molecule has 2 aromatic carbocycles. The zero-order chi connectivity index (χ0) is 18.0. The maximum Gasteiger partial charge on any atom is 0.159 e. The topological polar surface area (TPSA) is 39.1 Å². The van der Waals surface area contributed by atoms with E-state index in [2.05, 4.69) is 74.1 Å². The molecule has 3 rings (SSSR count). The molecule has 3 aromatic rings. The Kier molecular flexibility index (Phi) is 4.71. The zero-order valence-corrected chi connectivity index (χ0v) is 15.7. The van der Waals surface area contributed by atoms with E-state index in [0.717, 1.165) is 29.0 Å². The number of benzene rings is 2. The predicted octanol–water partition coefficient (Wildman–Crippen LogP) is 5.02. The minimum absolute atomic E-state index is 0.00277. The maximum absolute atomic E-state index is 5.58. The molecule has 0 aliphatic carbocycles. The van der Waals surface area contributed by atoms with Crippen LogP contribution in [0.3, 0.4) is 0 Å². The minimum Gasteiger partial charge on any atom is -0.496 e. The van der Waals surface area contributed by atoms with E-state index in [9.17, 15) is 0 Å². The average Bonchev–Trinajstić information content (AvgIpc) is 3.00. The third-order valence-electron chi connectivity index (χ3n) is 4.66. The van der Waals surface area contributed by atoms with Crippen molar-refractivity contribution >= 4 is 16.7 Å². The summed E-state index contributed by atoms with van der Waals surface area (Å²) in [5, 5.41) is 9.43. The summed E-state index contributed by atoms with van der Waals surface area (Å²) in [7, 11) is 1.71. The molecule has 4 heteroatoms. The zero-order valence-electron chi connectivity index (χ0n) is 15.7. The van der Waals surface area contributed by atoms with Crippen molar-refractivity contribution in [3.8, 4) is 5.75 Å². The van der Waals surface area contributed by atoms with Gasteiger partial charge in [-0.25, -0.2) is 0 Å². The molecule has 132 valence electrons. The van der Waals surface area contributed by atoms with E-state index < -0.39 is 0 Å². The highest BCUT2D eigenvalue weighted by atomic mass is 16.5. The summed E-state index contributed by atoms with van der Waals surface area (Å²) in [6, 6.07) is 17.0. The van der Waals surface area contributed by atoms with E-state index in [4.69, 9.17) is 9.84 Å². The first-order valence-electron chi connectivity index (χ1n) is 8.78. The minimum atomic E-state index is -0.00277. The smallest absolute Gasteiger partial charge is 0.159 e. The number of fused-ring (bicyclic) bond motifs is 1. The third-order valence-corrected chi connectivity index (χ3v) is 4.66. The van der Waals surface area contributed by atoms with Gasteiger partial charge in [0.05, 0.1) is 18.0 Å². The van der Waals surface area contributed by atoms with Gasteiger partial charge in [0.2, 0.25) is 0 Å². The monoisotopic (exact) mass is 337 g/mol. The number of ether oxygens (including phenoxy) is 1. The van der Waals surface area contributed by atoms with Gasteiger partial charge in [-0.3, -0.25) is 4.68 Å². The number of nitrogens with one attached hydrogen (secondary N) is 1. The largest absolute Gasteiger partial charge is 0.496 e. The Balaban J connectivity index is 1.96. The molecule has 0 spiro atoms. The van der Waals surface area contributed by atoms with E-state index in [1.807, 2.05) is 12.1 Å². The first-order valence-corrected chi connectivity index (χ1v) is 8.78. The number of hydrogen-bond donors (Lipinski definition) is 1. The molecule has 0 amide bonds. The van der Waals surface area contributed by atoms with Crippen LogP contribution in [0.5, 0.6) is 5.75 Å². The second-order valence-electron chi connectivity index (χ2n) is 7.34. The molecular weight excluding hydrogens is 310 g/mol. The van der Waals surface area contributed by atoms with Crippen LogP contribution in [0, 0.1) is 0 Å². The van der Waals surface area contributed by atoms with Gasteiger partial charge >= 0.3 is 0 Å². The van der Waals surface area contributed by atoms with E-state index in [-0.39, 0.29) is 11.5 Å². The van der Waals surface area contributed by atoms with Crippen LogP contribution in [-0.4, -0.2) is 23.4 Å². The van der Waals surface area contributed by atoms with Gasteiger partial charge in [-0.15, -0.1) is 0 Å². The quantitative estimate of drug-likeness (QED) is 0.687. The highest BCUT2D eigenvalue weighted by Gasteiger charge is 2.22. The number of methoxy groups -OCH3 is 1. The fraction of sp³-hybridized carbons (Fsp3) is 0.381. The van der Waals surface area contributed by atoms with Crippen LogP contribution in [0.25, 0.3) is 10.9 Å². The summed E-state index contributed by atoms with van der Waals surface area (Å²) in [5.74, 6) is 1.73. The second kappa shape index (κ2) is 6.79. The van der Waals surface area contributed by atoms with E-state index in [0.29, 0.717) is 0 Å². The summed E-state index contributed by atoms with van der Waals surface area (Å²) in [4.78, 5) is 0. The lowest BCUT2D eigenvalue weighted by Gasteiger charge is -2.25. The van der Waals surface area contributed by atoms with Gasteiger partial charge in [0.1, 0.15) is 5.75 Å². The van der Waals surface area contributed by atoms with E-state index in [1.54, 1.807) is 7.11 Å². The molecule has 0 radical (unpaired) electrons. The summed E-state index contributed by atoms with van der Waals surface area (Å²) in [6.07, 6.45) is 0. The molecule has 4 nitrogen and oxygen atoms in total. The molecule has 25 heavy (non-hydrogen) atoms. The molecule has 1 heterocycles. The molecule has 1 aromatic heterocycles. The Labute approximate surface area is 149 Å². The summed E-state index contributed by atoms with van der Waals surface area (Å²) in [6.45, 7) is 9.56. The highest BCUT2D eigenvalue weighted by Crippen LogP contribution is 2.34. The molecule has 0 bridgehead atoms. The first kappa shape index (κ1) is 17.3. The average molecular weight is 337 g/mol. The molecule has 0 aliphatic heterocycles. The Bertz CT molecular complexity index is 850. The molecule has 0 atom stereocenters. The second-order valence-corrected chi connectivity index (χ2v) is 7.34. The summed E-state index contributed by atoms with van der Waals surface area (Å²) < 4.78 is 7.64. The van der Waals surface area contributed by atoms with Crippen LogP contribution in [0.1, 0.15) is 39.3 Å². The van der Waals surface area contributed by atoms with Crippen molar-refractivity contribution in [2.24, 2.45) is 0 Å². The van der Waals surface area contributed by atoms with Crippen LogP contribution in [0.15, 0.2) is 48.5 Å². The number of nitrogens with zero attached hydrogens (tertiary/aromatic N) is 2. The maximum atomic E-state index is 5.58. The van der Waals surface area contributed by atoms with Gasteiger partial charge < -0.3 is 10.1 Å². The lowest BCUT2D eigenvalue weighted by Crippen LogP contribution is -2.27. The van der Waals surface area contributed by atoms with Crippen LogP contribution in [0.4, 0.5) is 5.82 Å². The van der Waals surface area contributed by atoms with E-state index in [1.165, 1.54) is 5.56 Å². The van der Waals surface area contributed by atoms with Crippen molar-refractivity contribution in [3.63, 3.8) is 0 Å². The first-order chi connectivity index (χ1) is 11.9. The van der Waals surface area contributed by atoms with E-state index >= 15 is 0 Å². The normalized spacial score (nSPS) is 11.9. The van der Waals surface area contributed by atoms with Crippen LogP contribution < -0.4 is 10.1 Å². The number of rotatable bonds is 6. The fourth-order valence-corrected chi connectivity index (χ4v) is 3.14. The molecule has 0 unspecified atom stereocenters. The van der Waals surface area contributed by atoms with Crippen molar-refractivity contribution in [1.82, 2.24) is 9.78 Å². The Morgan fingerprint density at radius 1 is 1.08 bits per heavy atom. The predicted molar refractivity (Wildman–Crippen MR) is 105 cm³/mol. The SMILES string of the molecule is COc1cccc2c1c(NCC(C)(C)c1ccccc1)nn2C(C)C. The van der Waals surface area contributed by atoms with Gasteiger partial charge in [0.15, 0.2) is 5.82 Å². The Hall–Kier alpha value is -2.49. The Morgan fingerprint density at radius 3 is 2.44 bits per heavy atom. The molecule has 0 aliphatic rings. The molecular formula is C21H27N3O. The molecule has 0 saturated heterocycles. The van der Waals surface area contributed by atoms with Gasteiger partial charge in [-0.1, -0.05) is 50.2 Å². The molecule has 0 fully saturated rings. The highest BCUT2D eigenvalue weighted by molar-refractivity contribution is 5.95. The Morgan fingerprint density at radius 2 is 1.80 bits per heavy atom. The fourth-order valence-electron chi connectivity index (χ4n) is 3.14. The van der Waals surface area contributed by atoms with Crippen LogP contribution in [0.2, 0.25) is 0 Å². The van der Waals surface area contributed by atoms with Crippen LogP contribution in [-0.2, 0) is 5.41 Å². The third kappa shape index (κ3) is 3.34. The molecule has 0 saturated carbocycles. The summed E-state index contributed by atoms with van der Waals surface area (Å²) >= 11 is 0. The van der Waals surface area contributed by atoms with Crippen LogP contribution >= 0.6 is 0 Å². The van der Waals surface area contributed by atoms with Gasteiger partial charge in [0.25, 0.3) is 0 Å².